The Bertz CT molecular complexity index is 1380. The Kier molecular flexibility index (Phi) is 11.4. The van der Waals surface area contributed by atoms with Gasteiger partial charge in [-0.05, 0) is 110 Å². The highest BCUT2D eigenvalue weighted by molar-refractivity contribution is 5.72. The van der Waals surface area contributed by atoms with E-state index in [1.165, 1.54) is 11.1 Å². The third-order valence-electron chi connectivity index (χ3n) is 13.5. The van der Waals surface area contributed by atoms with Crippen LogP contribution in [-0.2, 0) is 16.0 Å². The zero-order valence-electron chi connectivity index (χ0n) is 29.3. The summed E-state index contributed by atoms with van der Waals surface area (Å²) in [5.41, 5.74) is 2.81. The summed E-state index contributed by atoms with van der Waals surface area (Å²) >= 11 is 0. The Balaban J connectivity index is 1.07. The molecule has 0 heterocycles. The number of aliphatic hydroxyl groups is 1. The quantitative estimate of drug-likeness (QED) is 0.101. The van der Waals surface area contributed by atoms with Gasteiger partial charge in [0.15, 0.2) is 0 Å². The topological polar surface area (TPSA) is 66.8 Å². The maximum atomic E-state index is 14.0. The number of rotatable bonds is 16. The maximum absolute atomic E-state index is 14.0. The van der Waals surface area contributed by atoms with Crippen LogP contribution in [0.15, 0.2) is 18.2 Å². The number of benzene rings is 1. The third kappa shape index (κ3) is 7.23. The van der Waals surface area contributed by atoms with Crippen LogP contribution in [0.1, 0.15) is 127 Å². The van der Waals surface area contributed by atoms with E-state index in [0.717, 1.165) is 84.2 Å². The Labute approximate surface area is 293 Å². The predicted octanol–water partition coefficient (Wildman–Crippen LogP) is 10.8. The van der Waals surface area contributed by atoms with Gasteiger partial charge in [0, 0.05) is 11.8 Å². The van der Waals surface area contributed by atoms with Crippen LogP contribution < -0.4 is 0 Å². The molecule has 7 atom stereocenters. The first-order valence-electron chi connectivity index (χ1n) is 18.5. The highest BCUT2D eigenvalue weighted by Crippen LogP contribution is 2.76. The fourth-order valence-corrected chi connectivity index (χ4v) is 10.5. The molecule has 1 aromatic carbocycles. The van der Waals surface area contributed by atoms with Crippen molar-refractivity contribution in [2.24, 2.45) is 34.5 Å². The second-order valence-electron chi connectivity index (χ2n) is 16.2. The van der Waals surface area contributed by atoms with Gasteiger partial charge in [0.05, 0.1) is 19.1 Å². The highest BCUT2D eigenvalue weighted by atomic mass is 19.4. The third-order valence-corrected chi connectivity index (χ3v) is 13.5. The first-order valence-corrected chi connectivity index (χ1v) is 18.5. The summed E-state index contributed by atoms with van der Waals surface area (Å²) in [6, 6.07) is 5.80. The second-order valence-corrected chi connectivity index (χ2v) is 16.2. The fraction of sp³-hybridized carbons (Fsp3) is 0.816. The van der Waals surface area contributed by atoms with Crippen molar-refractivity contribution in [1.82, 2.24) is 0 Å². The summed E-state index contributed by atoms with van der Waals surface area (Å²) < 4.78 is 124. The molecule has 0 aromatic heterocycles. The number of aliphatic hydroxyl groups excluding tert-OH is 1. The van der Waals surface area contributed by atoms with Crippen LogP contribution in [0.4, 0.5) is 39.5 Å². The van der Waals surface area contributed by atoms with Gasteiger partial charge in [-0.15, -0.1) is 0 Å². The molecule has 51 heavy (non-hydrogen) atoms. The fourth-order valence-electron chi connectivity index (χ4n) is 10.5. The molecule has 1 aromatic rings. The molecule has 290 valence electrons. The molecule has 0 aliphatic heterocycles. The normalized spacial score (nSPS) is 29.3. The van der Waals surface area contributed by atoms with E-state index in [1.807, 2.05) is 6.07 Å². The lowest BCUT2D eigenvalue weighted by Gasteiger charge is -2.54. The number of phenols is 1. The summed E-state index contributed by atoms with van der Waals surface area (Å²) in [5, 5.41) is 21.4. The number of phenolic OH excluding ortho intramolecular Hbond substituents is 1. The molecule has 0 bridgehead atoms. The Morgan fingerprint density at radius 1 is 0.902 bits per heavy atom. The van der Waals surface area contributed by atoms with E-state index in [0.29, 0.717) is 36.5 Å². The van der Waals surface area contributed by atoms with Gasteiger partial charge in [-0.2, -0.15) is 39.5 Å². The van der Waals surface area contributed by atoms with Gasteiger partial charge in [-0.1, -0.05) is 57.9 Å². The van der Waals surface area contributed by atoms with E-state index in [2.05, 4.69) is 17.7 Å². The van der Waals surface area contributed by atoms with Crippen molar-refractivity contribution in [3.8, 4) is 5.75 Å². The standard InChI is InChI=1S/C38H51F9O4/c1-33-16-15-28-27-13-12-26(48)21-25(27)20-24(31(28)29(33)22-30(49)34(33)18-19-34)11-9-7-5-3-4-6-8-10-23(32(50)51-2)14-17-35(39,40)36(41,42)37(43,44)38(45,46)47/h12-13,21,23-24,28-31,48-49H,3-11,14-20,22H2,1-2H3/t23?,24-,28?,29?,30-,31?,33+/m1/s1. The van der Waals surface area contributed by atoms with Crippen LogP contribution >= 0.6 is 0 Å². The molecule has 0 radical (unpaired) electrons. The number of methoxy groups -OCH3 is 1. The van der Waals surface area contributed by atoms with Gasteiger partial charge in [-0.25, -0.2) is 0 Å². The van der Waals surface area contributed by atoms with Crippen LogP contribution in [0.2, 0.25) is 0 Å². The number of aromatic hydroxyl groups is 1. The summed E-state index contributed by atoms with van der Waals surface area (Å²) in [4.78, 5) is 12.1. The SMILES string of the molecule is COC(=O)C(CCCCCCCCC[C@@H]1Cc2cc(O)ccc2C2CC[C@@]3(C)C(C[C@@H](O)C34CC4)C21)CCC(F)(F)C(F)(F)C(F)(F)C(F)(F)F. The number of unbranched alkanes of at least 4 members (excludes halogenated alkanes) is 6. The van der Waals surface area contributed by atoms with Crippen LogP contribution in [0, 0.1) is 34.5 Å². The number of carbonyl (C=O) groups is 1. The van der Waals surface area contributed by atoms with Crippen molar-refractivity contribution in [2.75, 3.05) is 7.11 Å². The summed E-state index contributed by atoms with van der Waals surface area (Å²) in [6.07, 6.45) is 2.51. The molecule has 4 aliphatic carbocycles. The number of esters is 1. The van der Waals surface area contributed by atoms with E-state index >= 15 is 0 Å². The van der Waals surface area contributed by atoms with Crippen molar-refractivity contribution in [1.29, 1.82) is 0 Å². The highest BCUT2D eigenvalue weighted by Gasteiger charge is 2.81. The van der Waals surface area contributed by atoms with E-state index in [1.54, 1.807) is 6.07 Å². The van der Waals surface area contributed by atoms with Gasteiger partial charge in [0.1, 0.15) is 5.75 Å². The molecule has 4 unspecified atom stereocenters. The molecule has 13 heteroatoms. The molecule has 3 saturated carbocycles. The van der Waals surface area contributed by atoms with E-state index < -0.39 is 48.7 Å². The average Bonchev–Trinajstić information content (AvgIpc) is 3.84. The smallest absolute Gasteiger partial charge is 0.460 e. The first kappa shape index (κ1) is 40.0. The molecule has 3 fully saturated rings. The molecule has 2 N–H and O–H groups in total. The minimum Gasteiger partial charge on any atom is -0.508 e. The van der Waals surface area contributed by atoms with Crippen LogP contribution in [-0.4, -0.2) is 53.3 Å². The average molecular weight is 743 g/mol. The molecule has 5 rings (SSSR count). The lowest BCUT2D eigenvalue weighted by Crippen LogP contribution is -2.60. The number of carbonyl (C=O) groups excluding carboxylic acids is 1. The molecular formula is C38H51F9O4. The number of hydrogen-bond acceptors (Lipinski definition) is 4. The van der Waals surface area contributed by atoms with Crippen LogP contribution in [0.3, 0.4) is 0 Å². The largest absolute Gasteiger partial charge is 0.508 e. The maximum Gasteiger partial charge on any atom is 0.460 e. The van der Waals surface area contributed by atoms with Gasteiger partial charge >= 0.3 is 29.9 Å². The Morgan fingerprint density at radius 3 is 2.14 bits per heavy atom. The van der Waals surface area contributed by atoms with E-state index in [-0.39, 0.29) is 29.1 Å². The number of hydrogen-bond donors (Lipinski definition) is 2. The zero-order chi connectivity index (χ0) is 37.6. The lowest BCUT2D eigenvalue weighted by molar-refractivity contribution is -0.396. The Morgan fingerprint density at radius 2 is 1.53 bits per heavy atom. The van der Waals surface area contributed by atoms with Crippen LogP contribution in [0.25, 0.3) is 0 Å². The molecule has 0 saturated heterocycles. The minimum absolute atomic E-state index is 0.0542. The van der Waals surface area contributed by atoms with Gasteiger partial charge < -0.3 is 14.9 Å². The van der Waals surface area contributed by atoms with Crippen molar-refractivity contribution >= 4 is 5.97 Å². The minimum atomic E-state index is -6.95. The summed E-state index contributed by atoms with van der Waals surface area (Å²) in [7, 11) is 0.948. The number of fused-ring (bicyclic) bond motifs is 6. The van der Waals surface area contributed by atoms with Gasteiger partial charge in [-0.3, -0.25) is 4.79 Å². The van der Waals surface area contributed by atoms with Gasteiger partial charge in [0.2, 0.25) is 0 Å². The van der Waals surface area contributed by atoms with Crippen molar-refractivity contribution < 1.29 is 59.3 Å². The number of alkyl halides is 9. The monoisotopic (exact) mass is 742 g/mol. The number of halogens is 9. The first-order chi connectivity index (χ1) is 23.7. The molecule has 1 spiro atoms. The Hall–Kier alpha value is -2.18. The second kappa shape index (κ2) is 14.6. The summed E-state index contributed by atoms with van der Waals surface area (Å²) in [5.74, 6) is -19.6. The molecule has 4 nitrogen and oxygen atoms in total. The molecular weight excluding hydrogens is 691 g/mol. The van der Waals surface area contributed by atoms with Crippen LogP contribution in [0.5, 0.6) is 5.75 Å². The number of ether oxygens (including phenoxy) is 1. The van der Waals surface area contributed by atoms with Crippen molar-refractivity contribution in [3.05, 3.63) is 29.3 Å². The van der Waals surface area contributed by atoms with E-state index in [9.17, 15) is 54.5 Å². The molecule has 0 amide bonds. The predicted molar refractivity (Wildman–Crippen MR) is 172 cm³/mol. The molecule has 4 aliphatic rings. The summed E-state index contributed by atoms with van der Waals surface area (Å²) in [6.45, 7) is 2.42. The zero-order valence-corrected chi connectivity index (χ0v) is 29.3. The van der Waals surface area contributed by atoms with Crippen molar-refractivity contribution in [2.45, 2.75) is 152 Å². The lowest BCUT2D eigenvalue weighted by atomic mass is 9.50. The van der Waals surface area contributed by atoms with Crippen molar-refractivity contribution in [3.63, 3.8) is 0 Å². The van der Waals surface area contributed by atoms with E-state index in [4.69, 9.17) is 0 Å². The van der Waals surface area contributed by atoms with Gasteiger partial charge in [0.25, 0.3) is 0 Å².